The van der Waals surface area contributed by atoms with Gasteiger partial charge in [0, 0.05) is 31.7 Å². The Labute approximate surface area is 163 Å². The lowest BCUT2D eigenvalue weighted by Crippen LogP contribution is -2.36. The maximum Gasteiger partial charge on any atom is 0.259 e. The van der Waals surface area contributed by atoms with E-state index in [1.54, 1.807) is 13.2 Å². The summed E-state index contributed by atoms with van der Waals surface area (Å²) in [7, 11) is 1.66. The van der Waals surface area contributed by atoms with Crippen LogP contribution in [0.25, 0.3) is 10.2 Å². The highest BCUT2D eigenvalue weighted by Gasteiger charge is 2.16. The number of methoxy groups -OCH3 is 1. The SMILES string of the molecule is C=CCOCC(O)CN(CCCOC)Cc1nc2sc(C)c(C)c2c(=O)[nH]1. The number of H-pyrrole nitrogens is 1. The highest BCUT2D eigenvalue weighted by molar-refractivity contribution is 7.18. The molecule has 2 aromatic heterocycles. The summed E-state index contributed by atoms with van der Waals surface area (Å²) in [5, 5.41) is 10.9. The predicted octanol–water partition coefficient (Wildman–Crippen LogP) is 2.00. The third kappa shape index (κ3) is 6.22. The molecule has 7 nitrogen and oxygen atoms in total. The predicted molar refractivity (Wildman–Crippen MR) is 109 cm³/mol. The lowest BCUT2D eigenvalue weighted by Gasteiger charge is -2.24. The summed E-state index contributed by atoms with van der Waals surface area (Å²) in [6.45, 7) is 10.4. The van der Waals surface area contributed by atoms with Crippen LogP contribution >= 0.6 is 11.3 Å². The number of aliphatic hydroxyl groups excluding tert-OH is 1. The average Bonchev–Trinajstić information content (AvgIpc) is 2.89. The third-order valence-corrected chi connectivity index (χ3v) is 5.40. The molecule has 27 heavy (non-hydrogen) atoms. The molecule has 0 aliphatic carbocycles. The van der Waals surface area contributed by atoms with Gasteiger partial charge >= 0.3 is 0 Å². The van der Waals surface area contributed by atoms with Crippen LogP contribution in [0.3, 0.4) is 0 Å². The van der Waals surface area contributed by atoms with Gasteiger partial charge in [-0.3, -0.25) is 9.69 Å². The van der Waals surface area contributed by atoms with E-state index < -0.39 is 6.10 Å². The number of fused-ring (bicyclic) bond motifs is 1. The van der Waals surface area contributed by atoms with Crippen LogP contribution in [0.15, 0.2) is 17.4 Å². The van der Waals surface area contributed by atoms with E-state index in [0.717, 1.165) is 28.2 Å². The van der Waals surface area contributed by atoms with E-state index in [4.69, 9.17) is 9.47 Å². The van der Waals surface area contributed by atoms with Crippen molar-refractivity contribution in [3.05, 3.63) is 39.3 Å². The van der Waals surface area contributed by atoms with Crippen LogP contribution in [0.2, 0.25) is 0 Å². The van der Waals surface area contributed by atoms with Crippen molar-refractivity contribution in [2.45, 2.75) is 32.9 Å². The summed E-state index contributed by atoms with van der Waals surface area (Å²) < 4.78 is 10.4. The van der Waals surface area contributed by atoms with Crippen LogP contribution in [-0.2, 0) is 16.0 Å². The van der Waals surface area contributed by atoms with Gasteiger partial charge in [0.05, 0.1) is 31.2 Å². The van der Waals surface area contributed by atoms with Crippen LogP contribution in [0.1, 0.15) is 22.7 Å². The summed E-state index contributed by atoms with van der Waals surface area (Å²) in [6.07, 6.45) is 1.84. The lowest BCUT2D eigenvalue weighted by molar-refractivity contribution is 0.0225. The zero-order valence-electron chi connectivity index (χ0n) is 16.3. The van der Waals surface area contributed by atoms with Crippen molar-refractivity contribution in [2.75, 3.05) is 40.0 Å². The number of hydrogen-bond donors (Lipinski definition) is 2. The highest BCUT2D eigenvalue weighted by atomic mass is 32.1. The van der Waals surface area contributed by atoms with Crippen molar-refractivity contribution in [3.8, 4) is 0 Å². The van der Waals surface area contributed by atoms with E-state index in [1.165, 1.54) is 11.3 Å². The number of thiophene rings is 1. The fourth-order valence-electron chi connectivity index (χ4n) is 2.89. The van der Waals surface area contributed by atoms with Crippen LogP contribution < -0.4 is 5.56 Å². The number of nitrogens with one attached hydrogen (secondary N) is 1. The molecule has 0 bridgehead atoms. The lowest BCUT2D eigenvalue weighted by atomic mass is 10.2. The van der Waals surface area contributed by atoms with Crippen LogP contribution in [0, 0.1) is 13.8 Å². The fourth-order valence-corrected chi connectivity index (χ4v) is 3.94. The van der Waals surface area contributed by atoms with Gasteiger partial charge in [0.25, 0.3) is 5.56 Å². The number of aryl methyl sites for hydroxylation is 2. The second kappa shape index (κ2) is 10.7. The quantitative estimate of drug-likeness (QED) is 0.422. The summed E-state index contributed by atoms with van der Waals surface area (Å²) in [5.74, 6) is 0.602. The number of nitrogens with zero attached hydrogens (tertiary/aromatic N) is 2. The molecular formula is C19H29N3O4S. The maximum atomic E-state index is 12.5. The first-order chi connectivity index (χ1) is 13.0. The molecule has 1 atom stereocenters. The van der Waals surface area contributed by atoms with Gasteiger partial charge in [0.1, 0.15) is 10.7 Å². The van der Waals surface area contributed by atoms with Gasteiger partial charge in [-0.05, 0) is 25.8 Å². The van der Waals surface area contributed by atoms with E-state index in [0.29, 0.717) is 37.5 Å². The number of aliphatic hydroxyl groups is 1. The molecule has 1 unspecified atom stereocenters. The van der Waals surface area contributed by atoms with Crippen molar-refractivity contribution in [3.63, 3.8) is 0 Å². The Balaban J connectivity index is 2.12. The van der Waals surface area contributed by atoms with Crippen LogP contribution in [0.5, 0.6) is 0 Å². The smallest absolute Gasteiger partial charge is 0.259 e. The summed E-state index contributed by atoms with van der Waals surface area (Å²) in [5.41, 5.74) is 0.880. The monoisotopic (exact) mass is 395 g/mol. The molecule has 0 saturated carbocycles. The van der Waals surface area contributed by atoms with E-state index in [1.807, 2.05) is 13.8 Å². The Bertz CT molecular complexity index is 802. The van der Waals surface area contributed by atoms with Crippen LogP contribution in [0.4, 0.5) is 0 Å². The van der Waals surface area contributed by atoms with Crippen molar-refractivity contribution in [2.24, 2.45) is 0 Å². The normalized spacial score (nSPS) is 12.8. The number of hydrogen-bond acceptors (Lipinski definition) is 7. The van der Waals surface area contributed by atoms with Gasteiger partial charge in [0.15, 0.2) is 0 Å². The molecule has 0 aliphatic heterocycles. The number of rotatable bonds is 12. The van der Waals surface area contributed by atoms with Gasteiger partial charge in [-0.15, -0.1) is 17.9 Å². The molecule has 0 amide bonds. The zero-order valence-corrected chi connectivity index (χ0v) is 17.1. The molecule has 0 radical (unpaired) electrons. The first kappa shape index (κ1) is 21.7. The Morgan fingerprint density at radius 3 is 2.93 bits per heavy atom. The molecule has 2 N–H and O–H groups in total. The van der Waals surface area contributed by atoms with Gasteiger partial charge in [-0.2, -0.15) is 0 Å². The topological polar surface area (TPSA) is 87.7 Å². The van der Waals surface area contributed by atoms with E-state index >= 15 is 0 Å². The van der Waals surface area contributed by atoms with Crippen LogP contribution in [-0.4, -0.2) is 66.1 Å². The molecule has 0 spiro atoms. The van der Waals surface area contributed by atoms with Crippen molar-refractivity contribution in [1.29, 1.82) is 0 Å². The molecule has 2 heterocycles. The van der Waals surface area contributed by atoms with Gasteiger partial charge in [-0.1, -0.05) is 6.08 Å². The minimum atomic E-state index is -0.630. The van der Waals surface area contributed by atoms with Crippen molar-refractivity contribution in [1.82, 2.24) is 14.9 Å². The Morgan fingerprint density at radius 1 is 1.44 bits per heavy atom. The minimum absolute atomic E-state index is 0.108. The Morgan fingerprint density at radius 2 is 2.22 bits per heavy atom. The Kier molecular flexibility index (Phi) is 8.59. The molecule has 0 aliphatic rings. The average molecular weight is 396 g/mol. The zero-order chi connectivity index (χ0) is 19.8. The molecule has 2 aromatic rings. The molecule has 8 heteroatoms. The first-order valence-electron chi connectivity index (χ1n) is 9.03. The second-order valence-electron chi connectivity index (χ2n) is 6.54. The standard InChI is InChI=1S/C19H29N3O4S/c1-5-8-26-12-15(23)10-22(7-6-9-25-4)11-16-20-18(24)17-13(2)14(3)27-19(17)21-16/h5,15,23H,1,6-12H2,2-4H3,(H,20,21,24). The maximum absolute atomic E-state index is 12.5. The molecule has 0 saturated heterocycles. The highest BCUT2D eigenvalue weighted by Crippen LogP contribution is 2.25. The summed E-state index contributed by atoms with van der Waals surface area (Å²) >= 11 is 1.53. The fraction of sp³-hybridized carbons (Fsp3) is 0.579. The number of aromatic amines is 1. The molecule has 0 fully saturated rings. The summed E-state index contributed by atoms with van der Waals surface area (Å²) in [6, 6.07) is 0. The van der Waals surface area contributed by atoms with E-state index in [2.05, 4.69) is 21.4 Å². The number of aromatic nitrogens is 2. The van der Waals surface area contributed by atoms with Gasteiger partial charge in [0.2, 0.25) is 0 Å². The Hall–Kier alpha value is -1.58. The van der Waals surface area contributed by atoms with E-state index in [-0.39, 0.29) is 12.2 Å². The molecule has 150 valence electrons. The van der Waals surface area contributed by atoms with Crippen molar-refractivity contribution < 1.29 is 14.6 Å². The second-order valence-corrected chi connectivity index (χ2v) is 7.74. The van der Waals surface area contributed by atoms with Gasteiger partial charge < -0.3 is 19.6 Å². The molecule has 0 aromatic carbocycles. The minimum Gasteiger partial charge on any atom is -0.389 e. The van der Waals surface area contributed by atoms with E-state index in [9.17, 15) is 9.90 Å². The summed E-state index contributed by atoms with van der Waals surface area (Å²) in [4.78, 5) is 23.9. The number of ether oxygens (including phenoxy) is 2. The molecule has 2 rings (SSSR count). The largest absolute Gasteiger partial charge is 0.389 e. The first-order valence-corrected chi connectivity index (χ1v) is 9.84. The third-order valence-electron chi connectivity index (χ3n) is 4.30. The van der Waals surface area contributed by atoms with Gasteiger partial charge in [-0.25, -0.2) is 4.98 Å². The van der Waals surface area contributed by atoms with Crippen molar-refractivity contribution >= 4 is 21.6 Å². The molecular weight excluding hydrogens is 366 g/mol.